The molecule has 0 fully saturated rings. The molecule has 14 heavy (non-hydrogen) atoms. The van der Waals surface area contributed by atoms with Crippen LogP contribution in [0.5, 0.6) is 0 Å². The highest BCUT2D eigenvalue weighted by atomic mass is 19.4. The molecule has 0 heterocycles. The number of rotatable bonds is 7. The van der Waals surface area contributed by atoms with Gasteiger partial charge in [0.2, 0.25) is 0 Å². The van der Waals surface area contributed by atoms with Gasteiger partial charge in [0.25, 0.3) is 0 Å². The lowest BCUT2D eigenvalue weighted by Gasteiger charge is -2.06. The largest absolute Gasteiger partial charge is 0.522 e. The maximum atomic E-state index is 11.4. The number of alkyl halides is 3. The smallest absolute Gasteiger partial charge is 0.481 e. The molecule has 0 spiro atoms. The van der Waals surface area contributed by atoms with Gasteiger partial charge in [-0.25, -0.2) is 0 Å². The van der Waals surface area contributed by atoms with Crippen molar-refractivity contribution in [2.24, 2.45) is 0 Å². The van der Waals surface area contributed by atoms with Gasteiger partial charge < -0.3 is 9.84 Å². The molecule has 0 amide bonds. The van der Waals surface area contributed by atoms with Crippen LogP contribution in [0.25, 0.3) is 0 Å². The lowest BCUT2D eigenvalue weighted by molar-refractivity contribution is -0.325. The summed E-state index contributed by atoms with van der Waals surface area (Å²) in [5, 5.41) is 8.17. The van der Waals surface area contributed by atoms with Crippen molar-refractivity contribution in [3.05, 3.63) is 0 Å². The van der Waals surface area contributed by atoms with E-state index in [2.05, 4.69) is 4.74 Å². The molecule has 0 saturated carbocycles. The summed E-state index contributed by atoms with van der Waals surface area (Å²) in [7, 11) is 0. The minimum absolute atomic E-state index is 0.00134. The van der Waals surface area contributed by atoms with E-state index in [1.807, 2.05) is 0 Å². The van der Waals surface area contributed by atoms with Gasteiger partial charge in [-0.1, -0.05) is 0 Å². The van der Waals surface area contributed by atoms with E-state index < -0.39 is 18.9 Å². The van der Waals surface area contributed by atoms with Crippen molar-refractivity contribution in [2.45, 2.75) is 19.2 Å². The van der Waals surface area contributed by atoms with Crippen LogP contribution in [0.2, 0.25) is 0 Å². The molecule has 0 radical (unpaired) electrons. The third-order valence-corrected chi connectivity index (χ3v) is 1.16. The third-order valence-electron chi connectivity index (χ3n) is 1.16. The quantitative estimate of drug-likeness (QED) is 0.653. The Bertz CT molecular complexity index is 169. The zero-order valence-electron chi connectivity index (χ0n) is 7.34. The molecule has 0 aliphatic carbocycles. The van der Waals surface area contributed by atoms with Gasteiger partial charge in [0, 0.05) is 6.61 Å². The lowest BCUT2D eigenvalue weighted by Crippen LogP contribution is -2.15. The average molecular weight is 216 g/mol. The predicted molar refractivity (Wildman–Crippen MR) is 39.7 cm³/mol. The number of carboxylic acid groups (broad SMARTS) is 1. The van der Waals surface area contributed by atoms with E-state index in [4.69, 9.17) is 9.84 Å². The van der Waals surface area contributed by atoms with Gasteiger partial charge in [-0.2, -0.15) is 0 Å². The molecule has 0 atom stereocenters. The van der Waals surface area contributed by atoms with E-state index in [0.717, 1.165) is 0 Å². The minimum Gasteiger partial charge on any atom is -0.481 e. The number of hydrogen-bond acceptors (Lipinski definition) is 3. The number of ether oxygens (including phenoxy) is 2. The number of halogens is 3. The summed E-state index contributed by atoms with van der Waals surface area (Å²) in [5.74, 6) is -1.00. The molecule has 0 saturated heterocycles. The van der Waals surface area contributed by atoms with Crippen LogP contribution in [0.1, 0.15) is 12.8 Å². The number of carbonyl (C=O) groups is 1. The molecule has 0 unspecified atom stereocenters. The Morgan fingerprint density at radius 2 is 1.86 bits per heavy atom. The zero-order chi connectivity index (χ0) is 11.0. The van der Waals surface area contributed by atoms with Crippen LogP contribution >= 0.6 is 0 Å². The van der Waals surface area contributed by atoms with Crippen LogP contribution in [0, 0.1) is 0 Å². The Kier molecular flexibility index (Phi) is 6.22. The van der Waals surface area contributed by atoms with Crippen LogP contribution in [0.4, 0.5) is 13.2 Å². The SMILES string of the molecule is O=C(O)CCOCCCOC(F)(F)F. The Hall–Kier alpha value is -0.820. The Balaban J connectivity index is 3.11. The van der Waals surface area contributed by atoms with E-state index in [1.54, 1.807) is 0 Å². The van der Waals surface area contributed by atoms with Crippen molar-refractivity contribution in [3.8, 4) is 0 Å². The molecule has 0 aliphatic rings. The van der Waals surface area contributed by atoms with Crippen LogP contribution < -0.4 is 0 Å². The van der Waals surface area contributed by atoms with E-state index in [-0.39, 0.29) is 26.1 Å². The predicted octanol–water partition coefficient (Wildman–Crippen LogP) is 1.40. The second kappa shape index (κ2) is 6.61. The Labute approximate surface area is 78.6 Å². The van der Waals surface area contributed by atoms with Crippen LogP contribution in [-0.2, 0) is 14.3 Å². The van der Waals surface area contributed by atoms with E-state index >= 15 is 0 Å². The van der Waals surface area contributed by atoms with E-state index in [0.29, 0.717) is 0 Å². The van der Waals surface area contributed by atoms with Crippen molar-refractivity contribution < 1.29 is 32.5 Å². The van der Waals surface area contributed by atoms with Gasteiger partial charge in [0.05, 0.1) is 19.6 Å². The Morgan fingerprint density at radius 1 is 1.21 bits per heavy atom. The first-order valence-electron chi connectivity index (χ1n) is 3.92. The molecular weight excluding hydrogens is 205 g/mol. The van der Waals surface area contributed by atoms with Gasteiger partial charge in [0.1, 0.15) is 0 Å². The van der Waals surface area contributed by atoms with Crippen LogP contribution in [0.3, 0.4) is 0 Å². The second-order valence-corrected chi connectivity index (χ2v) is 2.40. The fourth-order valence-corrected chi connectivity index (χ4v) is 0.610. The summed E-state index contributed by atoms with van der Waals surface area (Å²) in [6.45, 7) is -0.415. The van der Waals surface area contributed by atoms with Crippen molar-refractivity contribution in [2.75, 3.05) is 19.8 Å². The van der Waals surface area contributed by atoms with Crippen molar-refractivity contribution >= 4 is 5.97 Å². The molecular formula is C7H11F3O4. The van der Waals surface area contributed by atoms with Crippen LogP contribution in [0.15, 0.2) is 0 Å². The molecule has 4 nitrogen and oxygen atoms in total. The molecule has 0 aliphatic heterocycles. The molecule has 84 valence electrons. The highest BCUT2D eigenvalue weighted by Crippen LogP contribution is 2.15. The van der Waals surface area contributed by atoms with E-state index in [9.17, 15) is 18.0 Å². The summed E-state index contributed by atoms with van der Waals surface area (Å²) in [4.78, 5) is 9.97. The van der Waals surface area contributed by atoms with Gasteiger partial charge in [-0.05, 0) is 6.42 Å². The average Bonchev–Trinajstić information content (AvgIpc) is 2.00. The van der Waals surface area contributed by atoms with Crippen molar-refractivity contribution in [1.29, 1.82) is 0 Å². The Morgan fingerprint density at radius 3 is 2.36 bits per heavy atom. The molecule has 0 aromatic heterocycles. The van der Waals surface area contributed by atoms with Crippen molar-refractivity contribution in [1.82, 2.24) is 0 Å². The summed E-state index contributed by atoms with van der Waals surface area (Å²) in [6.07, 6.45) is -4.68. The van der Waals surface area contributed by atoms with Gasteiger partial charge in [-0.15, -0.1) is 13.2 Å². The topological polar surface area (TPSA) is 55.8 Å². The summed E-state index contributed by atoms with van der Waals surface area (Å²) in [5.41, 5.74) is 0. The number of hydrogen-bond donors (Lipinski definition) is 1. The zero-order valence-corrected chi connectivity index (χ0v) is 7.34. The first-order valence-corrected chi connectivity index (χ1v) is 3.92. The van der Waals surface area contributed by atoms with E-state index in [1.165, 1.54) is 0 Å². The number of carboxylic acids is 1. The summed E-state index contributed by atoms with van der Waals surface area (Å²) < 4.78 is 42.4. The maximum Gasteiger partial charge on any atom is 0.522 e. The highest BCUT2D eigenvalue weighted by Gasteiger charge is 2.28. The van der Waals surface area contributed by atoms with Gasteiger partial charge in [0.15, 0.2) is 0 Å². The lowest BCUT2D eigenvalue weighted by atomic mass is 10.4. The normalized spacial score (nSPS) is 11.6. The molecule has 7 heteroatoms. The maximum absolute atomic E-state index is 11.4. The molecule has 0 rings (SSSR count). The number of aliphatic carboxylic acids is 1. The summed E-state index contributed by atoms with van der Waals surface area (Å²) in [6, 6.07) is 0. The molecule has 0 bridgehead atoms. The highest BCUT2D eigenvalue weighted by molar-refractivity contribution is 5.66. The second-order valence-electron chi connectivity index (χ2n) is 2.40. The van der Waals surface area contributed by atoms with Gasteiger partial charge in [-0.3, -0.25) is 9.53 Å². The molecule has 1 N–H and O–H groups in total. The van der Waals surface area contributed by atoms with Gasteiger partial charge >= 0.3 is 12.3 Å². The monoisotopic (exact) mass is 216 g/mol. The minimum atomic E-state index is -4.61. The first-order chi connectivity index (χ1) is 6.42. The fraction of sp³-hybridized carbons (Fsp3) is 0.857. The summed E-state index contributed by atoms with van der Waals surface area (Å²) >= 11 is 0. The standard InChI is InChI=1S/C7H11F3O4/c8-7(9,10)14-4-1-3-13-5-2-6(11)12/h1-5H2,(H,11,12). The fourth-order valence-electron chi connectivity index (χ4n) is 0.610. The first kappa shape index (κ1) is 13.2. The van der Waals surface area contributed by atoms with Crippen molar-refractivity contribution in [3.63, 3.8) is 0 Å². The van der Waals surface area contributed by atoms with Crippen LogP contribution in [-0.4, -0.2) is 37.3 Å². The molecule has 0 aromatic rings. The third kappa shape index (κ3) is 11.2. The molecule has 0 aromatic carbocycles.